The largest absolute Gasteiger partial charge is 0.574 e. The Morgan fingerprint density at radius 3 is 2.44 bits per heavy atom. The predicted molar refractivity (Wildman–Crippen MR) is 45.4 cm³/mol. The summed E-state index contributed by atoms with van der Waals surface area (Å²) in [5.41, 5.74) is -1.88. The van der Waals surface area contributed by atoms with Gasteiger partial charge in [-0.15, -0.1) is 13.2 Å². The molecule has 1 aromatic rings. The molecular formula is C8H6F3NO4. The molecule has 0 aliphatic rings. The van der Waals surface area contributed by atoms with Gasteiger partial charge in [0.15, 0.2) is 5.43 Å². The van der Waals surface area contributed by atoms with Crippen LogP contribution in [-0.2, 0) is 0 Å². The van der Waals surface area contributed by atoms with Crippen LogP contribution in [0.1, 0.15) is 16.1 Å². The van der Waals surface area contributed by atoms with E-state index in [1.54, 1.807) is 0 Å². The van der Waals surface area contributed by atoms with Crippen LogP contribution in [-0.4, -0.2) is 22.4 Å². The molecule has 0 aromatic carbocycles. The highest BCUT2D eigenvalue weighted by Gasteiger charge is 2.32. The summed E-state index contributed by atoms with van der Waals surface area (Å²) in [6.45, 7) is 1.16. The summed E-state index contributed by atoms with van der Waals surface area (Å²) in [6.07, 6.45) is -4.94. The Morgan fingerprint density at radius 1 is 1.50 bits per heavy atom. The number of pyridine rings is 1. The summed E-state index contributed by atoms with van der Waals surface area (Å²) in [5, 5.41) is 8.59. The Morgan fingerprint density at radius 2 is 2.06 bits per heavy atom. The lowest BCUT2D eigenvalue weighted by Gasteiger charge is -2.09. The van der Waals surface area contributed by atoms with Gasteiger partial charge in [-0.2, -0.15) is 0 Å². The summed E-state index contributed by atoms with van der Waals surface area (Å²) in [7, 11) is 0. The van der Waals surface area contributed by atoms with Gasteiger partial charge in [0.25, 0.3) is 0 Å². The maximum Gasteiger partial charge on any atom is 0.574 e. The Balaban J connectivity index is 3.21. The topological polar surface area (TPSA) is 79.4 Å². The van der Waals surface area contributed by atoms with Crippen molar-refractivity contribution in [1.29, 1.82) is 0 Å². The van der Waals surface area contributed by atoms with Crippen LogP contribution in [0.4, 0.5) is 13.2 Å². The fourth-order valence-corrected chi connectivity index (χ4v) is 1.10. The SMILES string of the molecule is Cc1[nH]c(OC(F)(F)F)cc(=O)c1C(=O)O. The van der Waals surface area contributed by atoms with Crippen molar-refractivity contribution in [1.82, 2.24) is 4.98 Å². The number of ether oxygens (including phenoxy) is 1. The van der Waals surface area contributed by atoms with Crippen molar-refractivity contribution in [3.8, 4) is 5.88 Å². The van der Waals surface area contributed by atoms with Gasteiger partial charge in [0.05, 0.1) is 0 Å². The van der Waals surface area contributed by atoms with Crippen LogP contribution in [0.2, 0.25) is 0 Å². The molecule has 0 bridgehead atoms. The quantitative estimate of drug-likeness (QED) is 0.811. The fourth-order valence-electron chi connectivity index (χ4n) is 1.10. The third-order valence-corrected chi connectivity index (χ3v) is 1.63. The van der Waals surface area contributed by atoms with E-state index in [9.17, 15) is 22.8 Å². The first-order valence-electron chi connectivity index (χ1n) is 3.93. The predicted octanol–water partition coefficient (Wildman–Crippen LogP) is 1.28. The van der Waals surface area contributed by atoms with E-state index >= 15 is 0 Å². The molecule has 0 unspecified atom stereocenters. The molecule has 0 amide bonds. The van der Waals surface area contributed by atoms with Gasteiger partial charge >= 0.3 is 12.3 Å². The number of H-pyrrole nitrogens is 1. The number of carboxylic acids is 1. The monoisotopic (exact) mass is 237 g/mol. The number of alkyl halides is 3. The molecule has 1 rings (SSSR count). The highest BCUT2D eigenvalue weighted by molar-refractivity contribution is 5.88. The lowest BCUT2D eigenvalue weighted by molar-refractivity contribution is -0.276. The van der Waals surface area contributed by atoms with E-state index in [1.165, 1.54) is 0 Å². The number of hydrogen-bond acceptors (Lipinski definition) is 3. The zero-order valence-corrected chi connectivity index (χ0v) is 7.88. The molecule has 0 spiro atoms. The maximum absolute atomic E-state index is 11.8. The second kappa shape index (κ2) is 3.87. The van der Waals surface area contributed by atoms with Crippen molar-refractivity contribution < 1.29 is 27.8 Å². The number of nitrogens with one attached hydrogen (secondary N) is 1. The third-order valence-electron chi connectivity index (χ3n) is 1.63. The van der Waals surface area contributed by atoms with Crippen LogP contribution >= 0.6 is 0 Å². The zero-order valence-electron chi connectivity index (χ0n) is 7.88. The van der Waals surface area contributed by atoms with Crippen LogP contribution in [0.25, 0.3) is 0 Å². The molecule has 0 atom stereocenters. The second-order valence-corrected chi connectivity index (χ2v) is 2.85. The summed E-state index contributed by atoms with van der Waals surface area (Å²) < 4.78 is 38.9. The highest BCUT2D eigenvalue weighted by Crippen LogP contribution is 2.20. The van der Waals surface area contributed by atoms with Gasteiger partial charge in [0, 0.05) is 11.8 Å². The van der Waals surface area contributed by atoms with Gasteiger partial charge < -0.3 is 14.8 Å². The molecule has 0 aliphatic carbocycles. The maximum atomic E-state index is 11.8. The number of carbonyl (C=O) groups is 1. The van der Waals surface area contributed by atoms with Gasteiger partial charge in [-0.25, -0.2) is 4.79 Å². The zero-order chi connectivity index (χ0) is 12.5. The number of hydrogen-bond donors (Lipinski definition) is 2. The standard InChI is InChI=1S/C8H6F3NO4/c1-3-6(7(14)15)4(13)2-5(12-3)16-8(9,10)11/h2H,1H3,(H,12,13)(H,14,15). The minimum absolute atomic E-state index is 0.209. The Labute approximate surface area is 86.5 Å². The van der Waals surface area contributed by atoms with Gasteiger partial charge in [-0.05, 0) is 6.92 Å². The van der Waals surface area contributed by atoms with Gasteiger partial charge in [-0.1, -0.05) is 0 Å². The molecule has 0 aliphatic heterocycles. The summed E-state index contributed by atoms with van der Waals surface area (Å²) >= 11 is 0. The highest BCUT2D eigenvalue weighted by atomic mass is 19.4. The molecule has 1 aromatic heterocycles. The average molecular weight is 237 g/mol. The van der Waals surface area contributed by atoms with Crippen LogP contribution < -0.4 is 10.2 Å². The van der Waals surface area contributed by atoms with Gasteiger partial charge in [0.2, 0.25) is 5.88 Å². The van der Waals surface area contributed by atoms with E-state index in [2.05, 4.69) is 4.74 Å². The first-order valence-corrected chi connectivity index (χ1v) is 3.93. The summed E-state index contributed by atoms with van der Waals surface area (Å²) in [6, 6.07) is 0.434. The van der Waals surface area contributed by atoms with Crippen molar-refractivity contribution >= 4 is 5.97 Å². The molecule has 1 heterocycles. The molecule has 5 nitrogen and oxygen atoms in total. The molecule has 0 radical (unpaired) electrons. The lowest BCUT2D eigenvalue weighted by atomic mass is 10.2. The fraction of sp³-hybridized carbons (Fsp3) is 0.250. The molecule has 0 saturated heterocycles. The number of aromatic amines is 1. The van der Waals surface area contributed by atoms with Crippen molar-refractivity contribution in [3.05, 3.63) is 27.5 Å². The smallest absolute Gasteiger partial charge is 0.477 e. The second-order valence-electron chi connectivity index (χ2n) is 2.85. The van der Waals surface area contributed by atoms with Gasteiger partial charge in [0.1, 0.15) is 5.56 Å². The molecule has 16 heavy (non-hydrogen) atoms. The number of aromatic nitrogens is 1. The number of rotatable bonds is 2. The Hall–Kier alpha value is -1.99. The van der Waals surface area contributed by atoms with Crippen LogP contribution in [0.3, 0.4) is 0 Å². The number of aryl methyl sites for hydroxylation is 1. The van der Waals surface area contributed by atoms with Gasteiger partial charge in [-0.3, -0.25) is 4.79 Å². The van der Waals surface area contributed by atoms with E-state index in [0.29, 0.717) is 6.07 Å². The normalized spacial score (nSPS) is 11.2. The first-order chi connectivity index (χ1) is 7.20. The van der Waals surface area contributed by atoms with E-state index < -0.39 is 29.2 Å². The molecule has 88 valence electrons. The van der Waals surface area contributed by atoms with E-state index in [1.807, 2.05) is 4.98 Å². The van der Waals surface area contributed by atoms with Crippen molar-refractivity contribution in [2.45, 2.75) is 13.3 Å². The first kappa shape index (κ1) is 12.1. The number of aromatic carboxylic acids is 1. The summed E-state index contributed by atoms with van der Waals surface area (Å²) in [5.74, 6) is -2.36. The molecular weight excluding hydrogens is 231 g/mol. The molecule has 0 fully saturated rings. The van der Waals surface area contributed by atoms with Crippen molar-refractivity contribution in [2.75, 3.05) is 0 Å². The Kier molecular flexibility index (Phi) is 2.92. The van der Waals surface area contributed by atoms with E-state index in [4.69, 9.17) is 5.11 Å². The third kappa shape index (κ3) is 2.75. The van der Waals surface area contributed by atoms with Crippen LogP contribution in [0.5, 0.6) is 5.88 Å². The van der Waals surface area contributed by atoms with Crippen molar-refractivity contribution in [2.24, 2.45) is 0 Å². The number of halogens is 3. The Bertz CT molecular complexity index is 477. The molecule has 0 saturated carbocycles. The minimum Gasteiger partial charge on any atom is -0.477 e. The number of carboxylic acid groups (broad SMARTS) is 1. The van der Waals surface area contributed by atoms with E-state index in [0.717, 1.165) is 6.92 Å². The van der Waals surface area contributed by atoms with Crippen LogP contribution in [0, 0.1) is 6.92 Å². The average Bonchev–Trinajstić information content (AvgIpc) is 1.96. The molecule has 2 N–H and O–H groups in total. The summed E-state index contributed by atoms with van der Waals surface area (Å²) in [4.78, 5) is 23.7. The molecule has 8 heteroatoms. The lowest BCUT2D eigenvalue weighted by Crippen LogP contribution is -2.22. The van der Waals surface area contributed by atoms with Crippen molar-refractivity contribution in [3.63, 3.8) is 0 Å². The van der Waals surface area contributed by atoms with Crippen LogP contribution in [0.15, 0.2) is 10.9 Å². The minimum atomic E-state index is -4.94. The van der Waals surface area contributed by atoms with E-state index in [-0.39, 0.29) is 5.69 Å².